The molecule has 1 amide bonds. The number of amides is 1. The minimum Gasteiger partial charge on any atom is -0.470 e. The number of amidine groups is 1. The SMILES string of the molecule is Cl.NC1=NC2(c3cc(NC(=O)c4cnc(OCC(F)F)cn4)ccc3F)COCC2(F)CS1. The lowest BCUT2D eigenvalue weighted by Crippen LogP contribution is -2.52. The zero-order valence-corrected chi connectivity index (χ0v) is 18.4. The minimum atomic E-state index is -2.68. The number of ether oxygens (including phenoxy) is 2. The average Bonchev–Trinajstić information content (AvgIpc) is 3.11. The van der Waals surface area contributed by atoms with E-state index in [9.17, 15) is 18.0 Å². The Kier molecular flexibility index (Phi) is 7.34. The number of alkyl halides is 3. The van der Waals surface area contributed by atoms with Crippen LogP contribution in [0.5, 0.6) is 5.88 Å². The molecular formula is C19H18ClF4N5O3S. The van der Waals surface area contributed by atoms with Crippen molar-refractivity contribution in [3.05, 3.63) is 47.7 Å². The third-order valence-electron chi connectivity index (χ3n) is 5.02. The lowest BCUT2D eigenvalue weighted by molar-refractivity contribution is 0.0792. The van der Waals surface area contributed by atoms with Gasteiger partial charge in [0.25, 0.3) is 12.3 Å². The van der Waals surface area contributed by atoms with Crippen LogP contribution in [0.15, 0.2) is 35.6 Å². The van der Waals surface area contributed by atoms with E-state index in [1.807, 2.05) is 0 Å². The van der Waals surface area contributed by atoms with Gasteiger partial charge < -0.3 is 20.5 Å². The van der Waals surface area contributed by atoms with E-state index < -0.39 is 36.0 Å². The van der Waals surface area contributed by atoms with E-state index in [-0.39, 0.29) is 59.4 Å². The Morgan fingerprint density at radius 3 is 2.79 bits per heavy atom. The Labute approximate surface area is 195 Å². The Morgan fingerprint density at radius 1 is 1.30 bits per heavy atom. The molecule has 0 radical (unpaired) electrons. The van der Waals surface area contributed by atoms with Crippen molar-refractivity contribution >= 4 is 40.9 Å². The normalized spacial score (nSPS) is 24.0. The van der Waals surface area contributed by atoms with Gasteiger partial charge in [-0.1, -0.05) is 11.8 Å². The summed E-state index contributed by atoms with van der Waals surface area (Å²) in [5, 5.41) is 2.63. The van der Waals surface area contributed by atoms with Gasteiger partial charge in [0.15, 0.2) is 23.0 Å². The van der Waals surface area contributed by atoms with E-state index in [4.69, 9.17) is 15.2 Å². The molecule has 178 valence electrons. The topological polar surface area (TPSA) is 112 Å². The van der Waals surface area contributed by atoms with Crippen LogP contribution in [0.25, 0.3) is 0 Å². The number of thioether (sulfide) groups is 1. The largest absolute Gasteiger partial charge is 0.470 e. The zero-order chi connectivity index (χ0) is 22.9. The quantitative estimate of drug-likeness (QED) is 0.578. The third-order valence-corrected chi connectivity index (χ3v) is 6.01. The van der Waals surface area contributed by atoms with Crippen LogP contribution in [-0.2, 0) is 10.3 Å². The zero-order valence-electron chi connectivity index (χ0n) is 16.8. The summed E-state index contributed by atoms with van der Waals surface area (Å²) in [4.78, 5) is 24.3. The average molecular weight is 508 g/mol. The van der Waals surface area contributed by atoms with Crippen LogP contribution < -0.4 is 15.8 Å². The summed E-state index contributed by atoms with van der Waals surface area (Å²) in [7, 11) is 0. The van der Waals surface area contributed by atoms with Crippen molar-refractivity contribution in [2.75, 3.05) is 30.9 Å². The van der Waals surface area contributed by atoms with Gasteiger partial charge in [0.1, 0.15) is 11.5 Å². The van der Waals surface area contributed by atoms with Gasteiger partial charge in [-0.3, -0.25) is 4.79 Å². The molecule has 1 aromatic carbocycles. The molecule has 2 unspecified atom stereocenters. The van der Waals surface area contributed by atoms with Crippen molar-refractivity contribution in [2.24, 2.45) is 10.7 Å². The molecule has 2 atom stereocenters. The van der Waals surface area contributed by atoms with Crippen LogP contribution >= 0.6 is 24.2 Å². The van der Waals surface area contributed by atoms with Crippen molar-refractivity contribution < 1.29 is 31.8 Å². The first-order valence-corrected chi connectivity index (χ1v) is 10.3. The highest BCUT2D eigenvalue weighted by Crippen LogP contribution is 2.50. The number of hydrogen-bond acceptors (Lipinski definition) is 8. The second kappa shape index (κ2) is 9.69. The highest BCUT2D eigenvalue weighted by atomic mass is 35.5. The highest BCUT2D eigenvalue weighted by molar-refractivity contribution is 8.13. The minimum absolute atomic E-state index is 0. The second-order valence-electron chi connectivity index (χ2n) is 7.15. The smallest absolute Gasteiger partial charge is 0.275 e. The predicted octanol–water partition coefficient (Wildman–Crippen LogP) is 2.93. The van der Waals surface area contributed by atoms with Crippen LogP contribution in [0.4, 0.5) is 23.2 Å². The highest BCUT2D eigenvalue weighted by Gasteiger charge is 2.61. The number of nitrogens with zero attached hydrogens (tertiary/aromatic N) is 3. The maximum atomic E-state index is 15.6. The molecule has 8 nitrogen and oxygen atoms in total. The molecule has 0 saturated carbocycles. The molecule has 1 saturated heterocycles. The van der Waals surface area contributed by atoms with E-state index in [0.717, 1.165) is 30.2 Å². The maximum absolute atomic E-state index is 15.6. The van der Waals surface area contributed by atoms with E-state index in [0.29, 0.717) is 0 Å². The maximum Gasteiger partial charge on any atom is 0.275 e. The molecule has 2 aliphatic heterocycles. The summed E-state index contributed by atoms with van der Waals surface area (Å²) < 4.78 is 64.8. The predicted molar refractivity (Wildman–Crippen MR) is 116 cm³/mol. The first-order valence-electron chi connectivity index (χ1n) is 9.32. The van der Waals surface area contributed by atoms with Gasteiger partial charge >= 0.3 is 0 Å². The molecule has 0 spiro atoms. The number of halogens is 5. The standard InChI is InChI=1S/C19H17F4N5O3S.ClH/c20-12-2-1-10(27-16(29)13-4-26-15(5-25-13)31-6-14(21)22)3-11(12)19-8-30-7-18(19,23)9-32-17(24)28-19;/h1-5,14H,6-9H2,(H2,24,28)(H,27,29);1H. The Hall–Kier alpha value is -2.64. The molecule has 33 heavy (non-hydrogen) atoms. The number of carbonyl (C=O) groups excluding carboxylic acids is 1. The van der Waals surface area contributed by atoms with Gasteiger partial charge in [0, 0.05) is 17.0 Å². The number of nitrogens with one attached hydrogen (secondary N) is 1. The Balaban J connectivity index is 0.00000306. The molecular weight excluding hydrogens is 490 g/mol. The number of rotatable bonds is 6. The Bertz CT molecular complexity index is 1060. The lowest BCUT2D eigenvalue weighted by atomic mass is 9.79. The number of nitrogens with two attached hydrogens (primary N) is 1. The summed E-state index contributed by atoms with van der Waals surface area (Å²) in [6.07, 6.45) is -0.612. The van der Waals surface area contributed by atoms with Crippen molar-refractivity contribution in [1.82, 2.24) is 9.97 Å². The van der Waals surface area contributed by atoms with Gasteiger partial charge in [-0.15, -0.1) is 12.4 Å². The molecule has 4 rings (SSSR count). The number of aliphatic imine (C=N–C) groups is 1. The van der Waals surface area contributed by atoms with E-state index >= 15 is 4.39 Å². The number of aromatic nitrogens is 2. The van der Waals surface area contributed by atoms with Crippen LogP contribution in [0.1, 0.15) is 16.1 Å². The molecule has 1 fully saturated rings. The number of fused-ring (bicyclic) bond motifs is 1. The number of hydrogen-bond donors (Lipinski definition) is 2. The van der Waals surface area contributed by atoms with Gasteiger partial charge in [-0.05, 0) is 18.2 Å². The Morgan fingerprint density at radius 2 is 2.09 bits per heavy atom. The second-order valence-corrected chi connectivity index (χ2v) is 8.14. The van der Waals surface area contributed by atoms with Gasteiger partial charge in [-0.25, -0.2) is 32.5 Å². The van der Waals surface area contributed by atoms with Crippen molar-refractivity contribution in [3.8, 4) is 5.88 Å². The molecule has 3 N–H and O–H groups in total. The van der Waals surface area contributed by atoms with Crippen molar-refractivity contribution in [1.29, 1.82) is 0 Å². The number of anilines is 1. The van der Waals surface area contributed by atoms with Gasteiger partial charge in [0.05, 0.1) is 25.6 Å². The lowest BCUT2D eigenvalue weighted by Gasteiger charge is -2.38. The molecule has 2 aromatic rings. The van der Waals surface area contributed by atoms with E-state index in [2.05, 4.69) is 20.3 Å². The van der Waals surface area contributed by atoms with Crippen LogP contribution in [0.2, 0.25) is 0 Å². The third kappa shape index (κ3) is 4.84. The number of benzene rings is 1. The molecule has 14 heteroatoms. The fourth-order valence-corrected chi connectivity index (χ4v) is 4.38. The van der Waals surface area contributed by atoms with Crippen LogP contribution in [-0.4, -0.2) is 58.7 Å². The van der Waals surface area contributed by atoms with E-state index in [1.54, 1.807) is 0 Å². The van der Waals surface area contributed by atoms with Crippen LogP contribution in [0.3, 0.4) is 0 Å². The van der Waals surface area contributed by atoms with Crippen molar-refractivity contribution in [3.63, 3.8) is 0 Å². The fourth-order valence-electron chi connectivity index (χ4n) is 3.46. The molecule has 0 aliphatic carbocycles. The molecule has 1 aromatic heterocycles. The van der Waals surface area contributed by atoms with E-state index in [1.165, 1.54) is 12.1 Å². The summed E-state index contributed by atoms with van der Waals surface area (Å²) >= 11 is 1.02. The molecule has 0 bridgehead atoms. The summed E-state index contributed by atoms with van der Waals surface area (Å²) in [6, 6.07) is 3.65. The van der Waals surface area contributed by atoms with Crippen molar-refractivity contribution in [2.45, 2.75) is 17.6 Å². The summed E-state index contributed by atoms with van der Waals surface area (Å²) in [5.74, 6) is -1.65. The van der Waals surface area contributed by atoms with Gasteiger partial charge in [-0.2, -0.15) is 0 Å². The summed E-state index contributed by atoms with van der Waals surface area (Å²) in [5.41, 5.74) is 2.08. The first-order chi connectivity index (χ1) is 15.2. The van der Waals surface area contributed by atoms with Crippen LogP contribution in [0, 0.1) is 5.82 Å². The summed E-state index contributed by atoms with van der Waals surface area (Å²) in [6.45, 7) is -1.32. The fraction of sp³-hybridized carbons (Fsp3) is 0.368. The first kappa shape index (κ1) is 25.0. The number of carbonyl (C=O) groups is 1. The monoisotopic (exact) mass is 507 g/mol. The molecule has 2 aliphatic rings. The molecule has 3 heterocycles. The van der Waals surface area contributed by atoms with Gasteiger partial charge in [0.2, 0.25) is 5.88 Å².